The minimum atomic E-state index is -0.161. The summed E-state index contributed by atoms with van der Waals surface area (Å²) in [6.45, 7) is 5.09. The van der Waals surface area contributed by atoms with Crippen LogP contribution in [0.25, 0.3) is 0 Å². The highest BCUT2D eigenvalue weighted by atomic mass is 16.1. The van der Waals surface area contributed by atoms with Gasteiger partial charge in [-0.05, 0) is 25.5 Å². The number of aryl methyl sites for hydroxylation is 1. The molecular weight excluding hydrogens is 256 g/mol. The number of H-pyrrole nitrogens is 1. The van der Waals surface area contributed by atoms with E-state index in [1.165, 1.54) is 6.33 Å². The average Bonchev–Trinajstić information content (AvgIpc) is 2.95. The van der Waals surface area contributed by atoms with Crippen LogP contribution in [0.5, 0.6) is 0 Å². The van der Waals surface area contributed by atoms with Crippen molar-refractivity contribution < 1.29 is 4.79 Å². The second-order valence-corrected chi connectivity index (χ2v) is 4.42. The Balaban J connectivity index is 2.02. The largest absolute Gasteiger partial charge is 0.370 e. The standard InChI is InChI=1S/C13H18N6O/c1-3-4-14-11-6-10(5-9(2)18-11)13(20)15-7-12-16-8-17-19-12/h5-6,8H,3-4,7H2,1-2H3,(H,14,18)(H,15,20)(H,16,17,19). The molecule has 0 spiro atoms. The van der Waals surface area contributed by atoms with E-state index in [2.05, 4.69) is 37.7 Å². The van der Waals surface area contributed by atoms with E-state index in [1.807, 2.05) is 6.92 Å². The number of aromatic amines is 1. The van der Waals surface area contributed by atoms with Crippen molar-refractivity contribution in [1.29, 1.82) is 0 Å². The maximum absolute atomic E-state index is 12.1. The van der Waals surface area contributed by atoms with Crippen LogP contribution in [-0.2, 0) is 6.54 Å². The third-order valence-corrected chi connectivity index (χ3v) is 2.65. The Morgan fingerprint density at radius 1 is 1.40 bits per heavy atom. The topological polar surface area (TPSA) is 95.6 Å². The van der Waals surface area contributed by atoms with Gasteiger partial charge < -0.3 is 10.6 Å². The molecule has 0 atom stereocenters. The number of nitrogens with zero attached hydrogens (tertiary/aromatic N) is 3. The SMILES string of the molecule is CCCNc1cc(C(=O)NCc2ncn[nH]2)cc(C)n1. The fourth-order valence-corrected chi connectivity index (χ4v) is 1.73. The molecule has 0 aliphatic carbocycles. The first-order valence-electron chi connectivity index (χ1n) is 6.54. The van der Waals surface area contributed by atoms with Gasteiger partial charge in [0.05, 0.1) is 6.54 Å². The van der Waals surface area contributed by atoms with Crippen LogP contribution < -0.4 is 10.6 Å². The van der Waals surface area contributed by atoms with E-state index >= 15 is 0 Å². The van der Waals surface area contributed by atoms with Gasteiger partial charge in [-0.15, -0.1) is 0 Å². The Bertz CT molecular complexity index is 566. The summed E-state index contributed by atoms with van der Waals surface area (Å²) >= 11 is 0. The molecular formula is C13H18N6O. The summed E-state index contributed by atoms with van der Waals surface area (Å²) in [6, 6.07) is 3.51. The van der Waals surface area contributed by atoms with Crippen LogP contribution in [0.2, 0.25) is 0 Å². The number of carbonyl (C=O) groups excluding carboxylic acids is 1. The van der Waals surface area contributed by atoms with Crippen molar-refractivity contribution in [3.8, 4) is 0 Å². The van der Waals surface area contributed by atoms with Crippen molar-refractivity contribution in [2.24, 2.45) is 0 Å². The van der Waals surface area contributed by atoms with E-state index in [0.717, 1.165) is 24.5 Å². The molecule has 0 aromatic carbocycles. The second kappa shape index (κ2) is 6.65. The first-order chi connectivity index (χ1) is 9.69. The van der Waals surface area contributed by atoms with Gasteiger partial charge in [-0.3, -0.25) is 9.89 Å². The Hall–Kier alpha value is -2.44. The van der Waals surface area contributed by atoms with Gasteiger partial charge >= 0.3 is 0 Å². The monoisotopic (exact) mass is 274 g/mol. The van der Waals surface area contributed by atoms with Gasteiger partial charge in [-0.25, -0.2) is 9.97 Å². The number of anilines is 1. The lowest BCUT2D eigenvalue weighted by molar-refractivity contribution is 0.0949. The Kier molecular flexibility index (Phi) is 4.65. The summed E-state index contributed by atoms with van der Waals surface area (Å²) in [4.78, 5) is 20.4. The smallest absolute Gasteiger partial charge is 0.251 e. The first kappa shape index (κ1) is 14.0. The molecule has 7 heteroatoms. The Morgan fingerprint density at radius 2 is 2.25 bits per heavy atom. The summed E-state index contributed by atoms with van der Waals surface area (Å²) in [7, 11) is 0. The zero-order chi connectivity index (χ0) is 14.4. The highest BCUT2D eigenvalue weighted by Gasteiger charge is 2.09. The molecule has 2 rings (SSSR count). The van der Waals surface area contributed by atoms with Gasteiger partial charge in [-0.2, -0.15) is 5.10 Å². The molecule has 106 valence electrons. The van der Waals surface area contributed by atoms with Crippen molar-refractivity contribution in [3.05, 3.63) is 35.5 Å². The lowest BCUT2D eigenvalue weighted by Gasteiger charge is -2.08. The van der Waals surface area contributed by atoms with Crippen LogP contribution in [0.4, 0.5) is 5.82 Å². The van der Waals surface area contributed by atoms with Gasteiger partial charge in [0.25, 0.3) is 5.91 Å². The van der Waals surface area contributed by atoms with Crippen LogP contribution in [-0.4, -0.2) is 32.6 Å². The van der Waals surface area contributed by atoms with Crippen molar-refractivity contribution in [2.45, 2.75) is 26.8 Å². The third-order valence-electron chi connectivity index (χ3n) is 2.65. The summed E-state index contributed by atoms with van der Waals surface area (Å²) in [5.74, 6) is 1.18. The number of aromatic nitrogens is 4. The third kappa shape index (κ3) is 3.78. The molecule has 0 unspecified atom stereocenters. The molecule has 2 heterocycles. The van der Waals surface area contributed by atoms with E-state index in [9.17, 15) is 4.79 Å². The molecule has 0 aliphatic rings. The first-order valence-corrected chi connectivity index (χ1v) is 6.54. The van der Waals surface area contributed by atoms with E-state index in [0.29, 0.717) is 17.9 Å². The molecule has 0 fully saturated rings. The van der Waals surface area contributed by atoms with Gasteiger partial charge in [0.2, 0.25) is 0 Å². The van der Waals surface area contributed by atoms with Gasteiger partial charge in [0.1, 0.15) is 18.0 Å². The van der Waals surface area contributed by atoms with Crippen molar-refractivity contribution in [1.82, 2.24) is 25.5 Å². The van der Waals surface area contributed by atoms with Crippen LogP contribution in [0.3, 0.4) is 0 Å². The Morgan fingerprint density at radius 3 is 2.95 bits per heavy atom. The lowest BCUT2D eigenvalue weighted by Crippen LogP contribution is -2.24. The maximum atomic E-state index is 12.1. The quantitative estimate of drug-likeness (QED) is 0.737. The van der Waals surface area contributed by atoms with E-state index in [1.54, 1.807) is 12.1 Å². The predicted octanol–water partition coefficient (Wildman–Crippen LogP) is 1.26. The molecule has 0 saturated heterocycles. The fraction of sp³-hybridized carbons (Fsp3) is 0.385. The van der Waals surface area contributed by atoms with Crippen LogP contribution in [0.1, 0.15) is 35.2 Å². The molecule has 0 aliphatic heterocycles. The molecule has 3 N–H and O–H groups in total. The number of nitrogens with one attached hydrogen (secondary N) is 3. The summed E-state index contributed by atoms with van der Waals surface area (Å²) in [5.41, 5.74) is 1.38. The molecule has 0 radical (unpaired) electrons. The summed E-state index contributed by atoms with van der Waals surface area (Å²) < 4.78 is 0. The zero-order valence-corrected chi connectivity index (χ0v) is 11.6. The van der Waals surface area contributed by atoms with Gasteiger partial charge in [0.15, 0.2) is 0 Å². The van der Waals surface area contributed by atoms with Gasteiger partial charge in [0, 0.05) is 17.8 Å². The van der Waals surface area contributed by atoms with Crippen LogP contribution in [0.15, 0.2) is 18.5 Å². The normalized spacial score (nSPS) is 10.3. The van der Waals surface area contributed by atoms with Crippen LogP contribution >= 0.6 is 0 Å². The molecule has 2 aromatic rings. The molecule has 7 nitrogen and oxygen atoms in total. The number of hydrogen-bond acceptors (Lipinski definition) is 5. The highest BCUT2D eigenvalue weighted by Crippen LogP contribution is 2.10. The molecule has 20 heavy (non-hydrogen) atoms. The number of amides is 1. The molecule has 0 bridgehead atoms. The second-order valence-electron chi connectivity index (χ2n) is 4.42. The number of rotatable bonds is 6. The lowest BCUT2D eigenvalue weighted by atomic mass is 10.2. The molecule has 2 aromatic heterocycles. The Labute approximate surface area is 117 Å². The van der Waals surface area contributed by atoms with Crippen LogP contribution in [0, 0.1) is 6.92 Å². The van der Waals surface area contributed by atoms with Gasteiger partial charge in [-0.1, -0.05) is 6.92 Å². The maximum Gasteiger partial charge on any atom is 0.251 e. The van der Waals surface area contributed by atoms with Crippen molar-refractivity contribution in [3.63, 3.8) is 0 Å². The van der Waals surface area contributed by atoms with Crippen molar-refractivity contribution in [2.75, 3.05) is 11.9 Å². The summed E-state index contributed by atoms with van der Waals surface area (Å²) in [5, 5.41) is 12.4. The number of pyridine rings is 1. The molecule has 0 saturated carbocycles. The minimum Gasteiger partial charge on any atom is -0.370 e. The minimum absolute atomic E-state index is 0.161. The number of hydrogen-bond donors (Lipinski definition) is 3. The average molecular weight is 274 g/mol. The highest BCUT2D eigenvalue weighted by molar-refractivity contribution is 5.94. The van der Waals surface area contributed by atoms with Crippen molar-refractivity contribution >= 4 is 11.7 Å². The van der Waals surface area contributed by atoms with E-state index < -0.39 is 0 Å². The fourth-order valence-electron chi connectivity index (χ4n) is 1.73. The summed E-state index contributed by atoms with van der Waals surface area (Å²) in [6.07, 6.45) is 2.41. The van der Waals surface area contributed by atoms with E-state index in [-0.39, 0.29) is 5.91 Å². The number of carbonyl (C=O) groups is 1. The molecule has 1 amide bonds. The predicted molar refractivity (Wildman–Crippen MR) is 75.3 cm³/mol. The zero-order valence-electron chi connectivity index (χ0n) is 11.6. The van der Waals surface area contributed by atoms with E-state index in [4.69, 9.17) is 0 Å².